The summed E-state index contributed by atoms with van der Waals surface area (Å²) in [5.74, 6) is 0.210. The number of nitriles is 1. The Labute approximate surface area is 136 Å². The molecule has 5 nitrogen and oxygen atoms in total. The number of nitrogens with one attached hydrogen (secondary N) is 1. The van der Waals surface area contributed by atoms with Gasteiger partial charge in [0.15, 0.2) is 12.1 Å². The number of hydrogen-bond donors (Lipinski definition) is 1. The maximum Gasteiger partial charge on any atom is 0.274 e. The third kappa shape index (κ3) is 4.19. The molecule has 0 aliphatic rings. The van der Waals surface area contributed by atoms with Crippen LogP contribution in [0.5, 0.6) is 0 Å². The van der Waals surface area contributed by atoms with Crippen LogP contribution < -0.4 is 5.32 Å². The SMILES string of the molecule is CC(C)c1ocnc1C(=O)N[C@](C)(C#N)CCc1ccccc1. The molecule has 0 aliphatic heterocycles. The first-order valence-electron chi connectivity index (χ1n) is 7.66. The van der Waals surface area contributed by atoms with Crippen molar-refractivity contribution in [3.05, 3.63) is 53.7 Å². The van der Waals surface area contributed by atoms with Crippen molar-refractivity contribution in [1.29, 1.82) is 5.26 Å². The standard InChI is InChI=1S/C18H21N3O2/c1-13(2)16-15(20-12-23-16)17(22)21-18(3,11-19)10-9-14-7-5-4-6-8-14/h4-8,12-13H,9-10H2,1-3H3,(H,21,22)/t18-/m0/s1. The molecule has 0 fully saturated rings. The van der Waals surface area contributed by atoms with Gasteiger partial charge in [-0.25, -0.2) is 4.98 Å². The van der Waals surface area contributed by atoms with E-state index in [-0.39, 0.29) is 17.5 Å². The van der Waals surface area contributed by atoms with Gasteiger partial charge in [-0.1, -0.05) is 44.2 Å². The van der Waals surface area contributed by atoms with Crippen molar-refractivity contribution in [1.82, 2.24) is 10.3 Å². The van der Waals surface area contributed by atoms with E-state index in [9.17, 15) is 10.1 Å². The van der Waals surface area contributed by atoms with Crippen molar-refractivity contribution in [3.8, 4) is 6.07 Å². The summed E-state index contributed by atoms with van der Waals surface area (Å²) in [7, 11) is 0. The first-order valence-corrected chi connectivity index (χ1v) is 7.66. The molecule has 1 amide bonds. The quantitative estimate of drug-likeness (QED) is 0.886. The van der Waals surface area contributed by atoms with Crippen LogP contribution in [0.25, 0.3) is 0 Å². The summed E-state index contributed by atoms with van der Waals surface area (Å²) in [6.45, 7) is 5.58. The van der Waals surface area contributed by atoms with Crippen LogP contribution in [-0.2, 0) is 6.42 Å². The molecule has 0 unspecified atom stereocenters. The summed E-state index contributed by atoms with van der Waals surface area (Å²) in [4.78, 5) is 16.4. The number of amides is 1. The maximum atomic E-state index is 12.4. The average Bonchev–Trinajstić information content (AvgIpc) is 3.04. The summed E-state index contributed by atoms with van der Waals surface area (Å²) in [6.07, 6.45) is 2.49. The van der Waals surface area contributed by atoms with Gasteiger partial charge in [0, 0.05) is 5.92 Å². The van der Waals surface area contributed by atoms with E-state index in [2.05, 4.69) is 16.4 Å². The third-order valence-electron chi connectivity index (χ3n) is 3.73. The number of oxazole rings is 1. The Bertz CT molecular complexity index is 701. The van der Waals surface area contributed by atoms with Gasteiger partial charge >= 0.3 is 0 Å². The second-order valence-corrected chi connectivity index (χ2v) is 6.10. The van der Waals surface area contributed by atoms with Crippen LogP contribution in [-0.4, -0.2) is 16.4 Å². The van der Waals surface area contributed by atoms with Crippen molar-refractivity contribution < 1.29 is 9.21 Å². The molecule has 1 N–H and O–H groups in total. The topological polar surface area (TPSA) is 78.9 Å². The molecule has 1 aromatic heterocycles. The predicted molar refractivity (Wildman–Crippen MR) is 86.8 cm³/mol. The number of aryl methyl sites for hydroxylation is 1. The van der Waals surface area contributed by atoms with Gasteiger partial charge in [0.2, 0.25) is 0 Å². The number of aromatic nitrogens is 1. The fourth-order valence-electron chi connectivity index (χ4n) is 2.33. The highest BCUT2D eigenvalue weighted by atomic mass is 16.3. The van der Waals surface area contributed by atoms with Crippen molar-refractivity contribution >= 4 is 5.91 Å². The van der Waals surface area contributed by atoms with Gasteiger partial charge in [-0.05, 0) is 25.3 Å². The minimum absolute atomic E-state index is 0.0518. The Morgan fingerprint density at radius 3 is 2.70 bits per heavy atom. The Morgan fingerprint density at radius 2 is 2.09 bits per heavy atom. The van der Waals surface area contributed by atoms with Crippen molar-refractivity contribution in [2.45, 2.75) is 45.1 Å². The van der Waals surface area contributed by atoms with Crippen molar-refractivity contribution in [2.24, 2.45) is 0 Å². The van der Waals surface area contributed by atoms with Crippen molar-refractivity contribution in [3.63, 3.8) is 0 Å². The molecule has 2 aromatic rings. The molecule has 1 heterocycles. The van der Waals surface area contributed by atoms with Crippen LogP contribution in [0.2, 0.25) is 0 Å². The van der Waals surface area contributed by atoms with Crippen LogP contribution >= 0.6 is 0 Å². The lowest BCUT2D eigenvalue weighted by Gasteiger charge is -2.23. The minimum atomic E-state index is -0.958. The molecule has 0 radical (unpaired) electrons. The number of hydrogen-bond acceptors (Lipinski definition) is 4. The molecular formula is C18H21N3O2. The molecule has 23 heavy (non-hydrogen) atoms. The van der Waals surface area contributed by atoms with E-state index in [1.165, 1.54) is 6.39 Å². The normalized spacial score (nSPS) is 13.3. The summed E-state index contributed by atoms with van der Waals surface area (Å²) in [5.41, 5.74) is 0.425. The minimum Gasteiger partial charge on any atom is -0.447 e. The zero-order chi connectivity index (χ0) is 16.9. The molecule has 1 aromatic carbocycles. The van der Waals surface area contributed by atoms with Crippen molar-refractivity contribution in [2.75, 3.05) is 0 Å². The van der Waals surface area contributed by atoms with E-state index in [4.69, 9.17) is 4.42 Å². The molecule has 0 bridgehead atoms. The van der Waals surface area contributed by atoms with Crippen LogP contribution in [0.15, 0.2) is 41.1 Å². The van der Waals surface area contributed by atoms with Gasteiger partial charge in [0.25, 0.3) is 5.91 Å². The van der Waals surface area contributed by atoms with E-state index in [0.29, 0.717) is 18.6 Å². The zero-order valence-corrected chi connectivity index (χ0v) is 13.7. The first-order chi connectivity index (χ1) is 10.9. The highest BCUT2D eigenvalue weighted by Gasteiger charge is 2.29. The maximum absolute atomic E-state index is 12.4. The Kier molecular flexibility index (Phi) is 5.17. The van der Waals surface area contributed by atoms with E-state index in [0.717, 1.165) is 5.56 Å². The molecule has 1 atom stereocenters. The lowest BCUT2D eigenvalue weighted by atomic mass is 9.94. The van der Waals surface area contributed by atoms with Crippen LogP contribution in [0.3, 0.4) is 0 Å². The van der Waals surface area contributed by atoms with E-state index in [1.54, 1.807) is 6.92 Å². The number of rotatable bonds is 6. The highest BCUT2D eigenvalue weighted by molar-refractivity contribution is 5.94. The average molecular weight is 311 g/mol. The largest absolute Gasteiger partial charge is 0.447 e. The molecule has 0 aliphatic carbocycles. The highest BCUT2D eigenvalue weighted by Crippen LogP contribution is 2.20. The Morgan fingerprint density at radius 1 is 1.39 bits per heavy atom. The van der Waals surface area contributed by atoms with Crippen LogP contribution in [0, 0.1) is 11.3 Å². The number of benzene rings is 1. The Hall–Kier alpha value is -2.61. The molecule has 2 rings (SSSR count). The molecule has 0 saturated carbocycles. The summed E-state index contributed by atoms with van der Waals surface area (Å²) >= 11 is 0. The van der Waals surface area contributed by atoms with Gasteiger partial charge in [-0.15, -0.1) is 0 Å². The third-order valence-corrected chi connectivity index (χ3v) is 3.73. The second-order valence-electron chi connectivity index (χ2n) is 6.10. The molecule has 120 valence electrons. The van der Waals surface area contributed by atoms with Crippen LogP contribution in [0.1, 0.15) is 54.9 Å². The van der Waals surface area contributed by atoms with E-state index < -0.39 is 5.54 Å². The summed E-state index contributed by atoms with van der Waals surface area (Å²) in [5, 5.41) is 12.3. The summed E-state index contributed by atoms with van der Waals surface area (Å²) < 4.78 is 5.27. The van der Waals surface area contributed by atoms with Gasteiger partial charge in [-0.2, -0.15) is 5.26 Å². The smallest absolute Gasteiger partial charge is 0.274 e. The fourth-order valence-corrected chi connectivity index (χ4v) is 2.33. The van der Waals surface area contributed by atoms with Gasteiger partial charge < -0.3 is 9.73 Å². The van der Waals surface area contributed by atoms with Crippen LogP contribution in [0.4, 0.5) is 0 Å². The predicted octanol–water partition coefficient (Wildman–Crippen LogP) is 3.44. The number of nitrogens with zero attached hydrogens (tertiary/aromatic N) is 2. The van der Waals surface area contributed by atoms with Gasteiger partial charge in [0.1, 0.15) is 11.3 Å². The first kappa shape index (κ1) is 16.8. The van der Waals surface area contributed by atoms with Gasteiger partial charge in [-0.3, -0.25) is 4.79 Å². The second kappa shape index (κ2) is 7.10. The summed E-state index contributed by atoms with van der Waals surface area (Å²) in [6, 6.07) is 12.1. The molecule has 0 spiro atoms. The van der Waals surface area contributed by atoms with E-state index in [1.807, 2.05) is 44.2 Å². The van der Waals surface area contributed by atoms with Gasteiger partial charge in [0.05, 0.1) is 6.07 Å². The van der Waals surface area contributed by atoms with E-state index >= 15 is 0 Å². The molecule has 0 saturated heterocycles. The molecular weight excluding hydrogens is 290 g/mol. The fraction of sp³-hybridized carbons (Fsp3) is 0.389. The monoisotopic (exact) mass is 311 g/mol. The lowest BCUT2D eigenvalue weighted by Crippen LogP contribution is -2.45. The molecule has 5 heteroatoms. The Balaban J connectivity index is 2.07. The number of carbonyl (C=O) groups excluding carboxylic acids is 1. The lowest BCUT2D eigenvalue weighted by molar-refractivity contribution is 0.0914. The number of carbonyl (C=O) groups is 1. The zero-order valence-electron chi connectivity index (χ0n) is 13.7.